The fourth-order valence-corrected chi connectivity index (χ4v) is 7.69. The smallest absolute Gasteiger partial charge is 0.875 e. The van der Waals surface area contributed by atoms with Gasteiger partial charge in [-0.25, -0.2) is 18.4 Å². The summed E-state index contributed by atoms with van der Waals surface area (Å²) in [7, 11) is -3.46. The van der Waals surface area contributed by atoms with Crippen LogP contribution in [0.15, 0.2) is 100 Å². The molecule has 0 aromatic rings. The summed E-state index contributed by atoms with van der Waals surface area (Å²) in [4.78, 5) is 43.4. The molecule has 1 saturated heterocycles. The van der Waals surface area contributed by atoms with E-state index < -0.39 is 58.5 Å². The van der Waals surface area contributed by atoms with Crippen LogP contribution < -0.4 is 123 Å². The number of carboxylic acid groups (broad SMARTS) is 1. The first-order valence-corrected chi connectivity index (χ1v) is 18.7. The van der Waals surface area contributed by atoms with E-state index in [-0.39, 0.29) is 170 Å². The Kier molecular flexibility index (Phi) is 19.0. The van der Waals surface area contributed by atoms with E-state index in [4.69, 9.17) is 19.7 Å². The van der Waals surface area contributed by atoms with Gasteiger partial charge in [-0.3, -0.25) is 14.8 Å². The van der Waals surface area contributed by atoms with Crippen LogP contribution in [0.3, 0.4) is 0 Å². The van der Waals surface area contributed by atoms with E-state index >= 15 is 0 Å². The monoisotopic (exact) mass is 915 g/mol. The van der Waals surface area contributed by atoms with E-state index in [2.05, 4.69) is 17.2 Å². The van der Waals surface area contributed by atoms with Gasteiger partial charge in [0.25, 0.3) is 0 Å². The number of rotatable bonds is 10. The van der Waals surface area contributed by atoms with Crippen molar-refractivity contribution in [1.29, 1.82) is 0 Å². The summed E-state index contributed by atoms with van der Waals surface area (Å²) < 4.78 is 39.0. The molecule has 5 heterocycles. The first kappa shape index (κ1) is 50.2. The first-order chi connectivity index (χ1) is 24.4. The summed E-state index contributed by atoms with van der Waals surface area (Å²) in [6, 6.07) is 0. The third-order valence-electron chi connectivity index (χ3n) is 10.2. The molecule has 0 radical (unpaired) electrons. The minimum atomic E-state index is -4.67. The van der Waals surface area contributed by atoms with Crippen LogP contribution in [-0.2, 0) is 44.9 Å². The molecular formula is C37H41K2N5O9PdS. The minimum Gasteiger partial charge on any atom is -0.875 e. The van der Waals surface area contributed by atoms with Gasteiger partial charge < -0.3 is 34.7 Å². The fourth-order valence-electron chi connectivity index (χ4n) is 7.38. The van der Waals surface area contributed by atoms with Crippen molar-refractivity contribution < 1.29 is 166 Å². The molecule has 18 heteroatoms. The van der Waals surface area contributed by atoms with Crippen LogP contribution in [0.1, 0.15) is 67.2 Å². The standard InChI is InChI=1S/C37H45N5O9S.2K.Pd/c1-8-22-17(2)25-16-30-33(21(6)43)19(4)27(40-30)14-26-18(3)23(9-10-31(44)45)35(41-26)24(13-32(46)51-7)36-34(37(47)38-11-12-52(48,49)50)20(5)28(42-36)15-29(22)39-25;;;/h14-18,22-23,39,43H,8-13H2,1-7H3,(H,38,47)(H,44,45)(H,48,49,50);;;/q;2*+1;+2/p-4/t17-,18+,22-,23+;;;/m1.../s1. The van der Waals surface area contributed by atoms with Crippen molar-refractivity contribution in [2.24, 2.45) is 43.6 Å². The molecule has 0 saturated carbocycles. The van der Waals surface area contributed by atoms with Crippen LogP contribution in [0, 0.1) is 23.7 Å². The summed E-state index contributed by atoms with van der Waals surface area (Å²) in [6.07, 6.45) is 5.50. The van der Waals surface area contributed by atoms with Crippen LogP contribution in [-0.4, -0.2) is 67.3 Å². The second-order valence-corrected chi connectivity index (χ2v) is 15.0. The molecule has 4 atom stereocenters. The molecule has 0 aromatic heterocycles. The van der Waals surface area contributed by atoms with Gasteiger partial charge >= 0.3 is 129 Å². The maximum atomic E-state index is 13.8. The summed E-state index contributed by atoms with van der Waals surface area (Å²) in [5, 5.41) is 42.1. The number of carbonyl (C=O) groups is 2. The Bertz CT molecular complexity index is 2090. The number of hydrogen-bond acceptors (Lipinski definition) is 14. The molecule has 5 rings (SSSR count). The molecule has 0 spiro atoms. The number of methoxy groups -OCH3 is 1. The van der Waals surface area contributed by atoms with E-state index in [1.54, 1.807) is 13.0 Å². The van der Waals surface area contributed by atoms with Crippen molar-refractivity contribution in [3.63, 3.8) is 0 Å². The van der Waals surface area contributed by atoms with Crippen LogP contribution in [0.2, 0.25) is 0 Å². The third-order valence-corrected chi connectivity index (χ3v) is 10.9. The minimum absolute atomic E-state index is 0. The molecule has 0 aromatic carbocycles. The Hall–Kier alpha value is -0.955. The second-order valence-electron chi connectivity index (χ2n) is 13.5. The maximum Gasteiger partial charge on any atom is 2.00 e. The number of aliphatic carboxylic acids is 1. The predicted octanol–water partition coefficient (Wildman–Crippen LogP) is -4.59. The molecule has 5 aliphatic heterocycles. The molecule has 1 fully saturated rings. The number of carbonyl (C=O) groups excluding carboxylic acids is 2. The number of carboxylic acids is 1. The van der Waals surface area contributed by atoms with Gasteiger partial charge in [0.2, 0.25) is 0 Å². The Balaban J connectivity index is 0.00000348. The number of esters is 1. The Morgan fingerprint density at radius 3 is 2.18 bits per heavy atom. The normalized spacial score (nSPS) is 24.3. The zero-order valence-electron chi connectivity index (χ0n) is 32.5. The Labute approximate surface area is 420 Å². The van der Waals surface area contributed by atoms with Gasteiger partial charge in [0.15, 0.2) is 0 Å². The number of aliphatic imine (C=N–C) groups is 4. The van der Waals surface area contributed by atoms with E-state index in [1.165, 1.54) is 14.0 Å². The van der Waals surface area contributed by atoms with Crippen molar-refractivity contribution in [3.05, 3.63) is 80.3 Å². The van der Waals surface area contributed by atoms with Crippen molar-refractivity contribution in [3.8, 4) is 0 Å². The summed E-state index contributed by atoms with van der Waals surface area (Å²) in [5.74, 6) is -4.88. The quantitative estimate of drug-likeness (QED) is 0.0551. The summed E-state index contributed by atoms with van der Waals surface area (Å²) >= 11 is 0. The molecular weight excluding hydrogens is 875 g/mol. The second kappa shape index (κ2) is 20.8. The van der Waals surface area contributed by atoms with Crippen molar-refractivity contribution in [2.75, 3.05) is 19.4 Å². The zero-order valence-corrected chi connectivity index (χ0v) is 41.1. The molecule has 5 aliphatic rings. The van der Waals surface area contributed by atoms with E-state index in [0.717, 1.165) is 17.8 Å². The number of allylic oxidation sites excluding steroid dienone is 10. The molecule has 55 heavy (non-hydrogen) atoms. The molecule has 0 unspecified atom stereocenters. The Morgan fingerprint density at radius 2 is 1.60 bits per heavy atom. The van der Waals surface area contributed by atoms with Gasteiger partial charge in [-0.15, -0.1) is 5.76 Å². The number of hydrogen-bond donors (Lipinski definition) is 1. The average Bonchev–Trinajstić information content (AvgIpc) is 3.74. The van der Waals surface area contributed by atoms with Gasteiger partial charge in [0.05, 0.1) is 64.5 Å². The molecule has 0 aliphatic carbocycles. The largest absolute Gasteiger partial charge is 2.00 e. The topological polar surface area (TPSA) is 231 Å². The van der Waals surface area contributed by atoms with Crippen LogP contribution in [0.5, 0.6) is 0 Å². The van der Waals surface area contributed by atoms with E-state index in [0.29, 0.717) is 45.2 Å². The van der Waals surface area contributed by atoms with Gasteiger partial charge in [0.1, 0.15) is 0 Å². The van der Waals surface area contributed by atoms with Crippen LogP contribution in [0.4, 0.5) is 0 Å². The number of nitrogens with one attached hydrogen (secondary N) is 1. The van der Waals surface area contributed by atoms with E-state index in [9.17, 15) is 37.9 Å². The fraction of sp³-hybridized carbons (Fsp3) is 0.459. The molecule has 14 nitrogen and oxygen atoms in total. The van der Waals surface area contributed by atoms with Gasteiger partial charge in [0, 0.05) is 57.9 Å². The van der Waals surface area contributed by atoms with Crippen LogP contribution >= 0.6 is 0 Å². The van der Waals surface area contributed by atoms with Crippen LogP contribution in [0.25, 0.3) is 0 Å². The van der Waals surface area contributed by atoms with Gasteiger partial charge in [-0.1, -0.05) is 27.7 Å². The number of nitrogens with zero attached hydrogens (tertiary/aromatic N) is 4. The summed E-state index contributed by atoms with van der Waals surface area (Å²) in [6.45, 7) is 10.3. The van der Waals surface area contributed by atoms with Crippen molar-refractivity contribution >= 4 is 45.1 Å². The molecule has 286 valence electrons. The van der Waals surface area contributed by atoms with Crippen molar-refractivity contribution in [2.45, 2.75) is 67.2 Å². The van der Waals surface area contributed by atoms with Gasteiger partial charge in [-0.05, 0) is 74.0 Å². The first-order valence-electron chi connectivity index (χ1n) is 17.1. The molecule has 1 N–H and O–H groups in total. The average molecular weight is 916 g/mol. The van der Waals surface area contributed by atoms with E-state index in [1.807, 2.05) is 32.9 Å². The Morgan fingerprint density at radius 1 is 0.945 bits per heavy atom. The van der Waals surface area contributed by atoms with Crippen molar-refractivity contribution in [1.82, 2.24) is 5.32 Å². The van der Waals surface area contributed by atoms with Gasteiger partial charge in [-0.2, -0.15) is 0 Å². The zero-order chi connectivity index (χ0) is 38.2. The summed E-state index contributed by atoms with van der Waals surface area (Å²) in [5.41, 5.74) is 5.57. The number of fused-ring (bicyclic) bond motifs is 5. The third kappa shape index (κ3) is 11.2. The maximum absolute atomic E-state index is 13.8. The molecule has 8 bridgehead atoms. The number of ether oxygens (including phenoxy) is 1. The SMILES string of the molecule is CC[C@H]1C2=CC3=NC(=C(CC(=O)OC)C4=NC(=CC5=C(C)C(=C(C)[O-])C(=N5)C=C(N2)[C@@H]1C)[C@@H](C)[C@@H]4CCC(=O)[O-])C(C([O-])=NCCS(=O)(=O)[O-])=C3C.[K+].[K+].[Pd+2]. The predicted molar refractivity (Wildman–Crippen MR) is 188 cm³/mol. The molecule has 0 amide bonds.